The van der Waals surface area contributed by atoms with Crippen LogP contribution in [0, 0.1) is 0 Å². The number of amides is 1. The van der Waals surface area contributed by atoms with Crippen LogP contribution in [-0.4, -0.2) is 42.5 Å². The largest absolute Gasteiger partial charge is 0.497 e. The summed E-state index contributed by atoms with van der Waals surface area (Å²) in [6.07, 6.45) is 2.53. The lowest BCUT2D eigenvalue weighted by Crippen LogP contribution is -2.30. The highest BCUT2D eigenvalue weighted by molar-refractivity contribution is 5.94. The summed E-state index contributed by atoms with van der Waals surface area (Å²) in [6.45, 7) is 6.11. The summed E-state index contributed by atoms with van der Waals surface area (Å²) in [5.41, 5.74) is 1.86. The van der Waals surface area contributed by atoms with Gasteiger partial charge in [0.25, 0.3) is 5.91 Å². The third kappa shape index (κ3) is 4.72. The van der Waals surface area contributed by atoms with Crippen LogP contribution in [0.5, 0.6) is 5.75 Å². The molecule has 128 valence electrons. The molecule has 0 saturated heterocycles. The first-order valence-electron chi connectivity index (χ1n) is 8.30. The third-order valence-corrected chi connectivity index (χ3v) is 3.91. The Morgan fingerprint density at radius 3 is 2.71 bits per heavy atom. The molecule has 0 aliphatic heterocycles. The number of carbonyl (C=O) groups excluding carboxylic acids is 1. The van der Waals surface area contributed by atoms with Crippen LogP contribution in [0.3, 0.4) is 0 Å². The molecule has 1 aromatic heterocycles. The van der Waals surface area contributed by atoms with Gasteiger partial charge in [-0.25, -0.2) is 4.98 Å². The number of carbonyl (C=O) groups is 1. The number of rotatable bonds is 8. The van der Waals surface area contributed by atoms with E-state index in [2.05, 4.69) is 16.4 Å². The summed E-state index contributed by atoms with van der Waals surface area (Å²) >= 11 is 0. The fourth-order valence-electron chi connectivity index (χ4n) is 2.52. The molecule has 24 heavy (non-hydrogen) atoms. The molecular weight excluding hydrogens is 302 g/mol. The second kappa shape index (κ2) is 8.91. The quantitative estimate of drug-likeness (QED) is 0.809. The Morgan fingerprint density at radius 1 is 1.21 bits per heavy atom. The van der Waals surface area contributed by atoms with E-state index in [9.17, 15) is 4.79 Å². The molecule has 0 saturated carbocycles. The van der Waals surface area contributed by atoms with E-state index in [0.717, 1.165) is 24.5 Å². The Balaban J connectivity index is 1.95. The van der Waals surface area contributed by atoms with Gasteiger partial charge in [-0.05, 0) is 50.1 Å². The minimum Gasteiger partial charge on any atom is -0.497 e. The molecule has 5 nitrogen and oxygen atoms in total. The number of aromatic nitrogens is 1. The number of ether oxygens (including phenoxy) is 1. The standard InChI is InChI=1S/C19H25N3O2/c1-4-22(5-2)19(23)16-10-12-21-18(14-16)20-11-9-15-7-6-8-17(13-15)24-3/h6-8,10,12-14H,4-5,9,11H2,1-3H3,(H,20,21). The van der Waals surface area contributed by atoms with Gasteiger partial charge < -0.3 is 15.0 Å². The van der Waals surface area contributed by atoms with Crippen molar-refractivity contribution in [2.75, 3.05) is 32.1 Å². The SMILES string of the molecule is CCN(CC)C(=O)c1ccnc(NCCc2cccc(OC)c2)c1. The van der Waals surface area contributed by atoms with E-state index in [1.54, 1.807) is 24.3 Å². The summed E-state index contributed by atoms with van der Waals surface area (Å²) in [4.78, 5) is 18.5. The van der Waals surface area contributed by atoms with Crippen molar-refractivity contribution in [2.45, 2.75) is 20.3 Å². The first-order valence-corrected chi connectivity index (χ1v) is 8.30. The van der Waals surface area contributed by atoms with Crippen molar-refractivity contribution in [2.24, 2.45) is 0 Å². The van der Waals surface area contributed by atoms with Crippen LogP contribution in [0.2, 0.25) is 0 Å². The van der Waals surface area contributed by atoms with E-state index in [1.807, 2.05) is 38.1 Å². The molecule has 0 unspecified atom stereocenters. The van der Waals surface area contributed by atoms with Crippen LogP contribution in [0.15, 0.2) is 42.6 Å². The van der Waals surface area contributed by atoms with Crippen molar-refractivity contribution in [3.05, 3.63) is 53.7 Å². The molecule has 2 aromatic rings. The number of benzene rings is 1. The number of hydrogen-bond acceptors (Lipinski definition) is 4. The molecule has 0 bridgehead atoms. The number of pyridine rings is 1. The topological polar surface area (TPSA) is 54.5 Å². The minimum absolute atomic E-state index is 0.0400. The first kappa shape index (κ1) is 17.8. The van der Waals surface area contributed by atoms with Gasteiger partial charge in [0, 0.05) is 31.4 Å². The van der Waals surface area contributed by atoms with Crippen molar-refractivity contribution in [1.29, 1.82) is 0 Å². The zero-order valence-electron chi connectivity index (χ0n) is 14.6. The predicted molar refractivity (Wildman–Crippen MR) is 96.7 cm³/mol. The summed E-state index contributed by atoms with van der Waals surface area (Å²) < 4.78 is 5.23. The van der Waals surface area contributed by atoms with Gasteiger partial charge in [-0.2, -0.15) is 0 Å². The van der Waals surface area contributed by atoms with E-state index in [4.69, 9.17) is 4.74 Å². The monoisotopic (exact) mass is 327 g/mol. The average molecular weight is 327 g/mol. The average Bonchev–Trinajstić information content (AvgIpc) is 2.63. The Bertz CT molecular complexity index is 669. The minimum atomic E-state index is 0.0400. The Kier molecular flexibility index (Phi) is 6.61. The highest BCUT2D eigenvalue weighted by Gasteiger charge is 2.12. The molecule has 1 amide bonds. The lowest BCUT2D eigenvalue weighted by molar-refractivity contribution is 0.0773. The fraction of sp³-hybridized carbons (Fsp3) is 0.368. The van der Waals surface area contributed by atoms with Crippen LogP contribution in [0.25, 0.3) is 0 Å². The van der Waals surface area contributed by atoms with Gasteiger partial charge in [-0.15, -0.1) is 0 Å². The molecule has 0 spiro atoms. The molecule has 2 rings (SSSR count). The van der Waals surface area contributed by atoms with Gasteiger partial charge in [0.2, 0.25) is 0 Å². The fourth-order valence-corrected chi connectivity index (χ4v) is 2.52. The highest BCUT2D eigenvalue weighted by Crippen LogP contribution is 2.14. The third-order valence-electron chi connectivity index (χ3n) is 3.91. The summed E-state index contributed by atoms with van der Waals surface area (Å²) in [5, 5.41) is 3.28. The molecule has 0 aliphatic rings. The number of methoxy groups -OCH3 is 1. The predicted octanol–water partition coefficient (Wildman–Crippen LogP) is 3.23. The molecular formula is C19H25N3O2. The van der Waals surface area contributed by atoms with E-state index < -0.39 is 0 Å². The normalized spacial score (nSPS) is 10.3. The van der Waals surface area contributed by atoms with E-state index in [-0.39, 0.29) is 5.91 Å². The van der Waals surface area contributed by atoms with E-state index in [1.165, 1.54) is 5.56 Å². The molecule has 1 heterocycles. The first-order chi connectivity index (χ1) is 11.7. The van der Waals surface area contributed by atoms with Gasteiger partial charge in [-0.3, -0.25) is 4.79 Å². The van der Waals surface area contributed by atoms with Crippen molar-refractivity contribution < 1.29 is 9.53 Å². The van der Waals surface area contributed by atoms with Crippen molar-refractivity contribution >= 4 is 11.7 Å². The Labute approximate surface area is 143 Å². The van der Waals surface area contributed by atoms with Crippen LogP contribution < -0.4 is 10.1 Å². The van der Waals surface area contributed by atoms with Gasteiger partial charge in [-0.1, -0.05) is 12.1 Å². The summed E-state index contributed by atoms with van der Waals surface area (Å²) in [7, 11) is 1.67. The number of nitrogens with zero attached hydrogens (tertiary/aromatic N) is 2. The van der Waals surface area contributed by atoms with Crippen LogP contribution in [0.1, 0.15) is 29.8 Å². The molecule has 5 heteroatoms. The number of hydrogen-bond donors (Lipinski definition) is 1. The molecule has 0 atom stereocenters. The highest BCUT2D eigenvalue weighted by atomic mass is 16.5. The molecule has 1 N–H and O–H groups in total. The van der Waals surface area contributed by atoms with E-state index >= 15 is 0 Å². The lowest BCUT2D eigenvalue weighted by Gasteiger charge is -2.18. The van der Waals surface area contributed by atoms with Crippen LogP contribution >= 0.6 is 0 Å². The van der Waals surface area contributed by atoms with Crippen LogP contribution in [0.4, 0.5) is 5.82 Å². The molecule has 0 fully saturated rings. The molecule has 0 radical (unpaired) electrons. The second-order valence-corrected chi connectivity index (χ2v) is 5.44. The van der Waals surface area contributed by atoms with Gasteiger partial charge in [0.05, 0.1) is 7.11 Å². The zero-order valence-corrected chi connectivity index (χ0v) is 14.6. The maximum absolute atomic E-state index is 12.4. The number of nitrogens with one attached hydrogen (secondary N) is 1. The summed E-state index contributed by atoms with van der Waals surface area (Å²) in [6, 6.07) is 11.6. The van der Waals surface area contributed by atoms with E-state index in [0.29, 0.717) is 18.7 Å². The van der Waals surface area contributed by atoms with Gasteiger partial charge in [0.15, 0.2) is 0 Å². The number of anilines is 1. The summed E-state index contributed by atoms with van der Waals surface area (Å²) in [5.74, 6) is 1.62. The van der Waals surface area contributed by atoms with Crippen molar-refractivity contribution in [3.8, 4) is 5.75 Å². The maximum atomic E-state index is 12.4. The Morgan fingerprint density at radius 2 is 2.00 bits per heavy atom. The van der Waals surface area contributed by atoms with Crippen molar-refractivity contribution in [3.63, 3.8) is 0 Å². The Hall–Kier alpha value is -2.56. The zero-order chi connectivity index (χ0) is 17.4. The maximum Gasteiger partial charge on any atom is 0.254 e. The molecule has 1 aromatic carbocycles. The smallest absolute Gasteiger partial charge is 0.254 e. The second-order valence-electron chi connectivity index (χ2n) is 5.44. The van der Waals surface area contributed by atoms with Gasteiger partial charge >= 0.3 is 0 Å². The lowest BCUT2D eigenvalue weighted by atomic mass is 10.1. The van der Waals surface area contributed by atoms with Gasteiger partial charge in [0.1, 0.15) is 11.6 Å². The van der Waals surface area contributed by atoms with Crippen LogP contribution in [-0.2, 0) is 6.42 Å². The molecule has 0 aliphatic carbocycles. The van der Waals surface area contributed by atoms with Crippen molar-refractivity contribution in [1.82, 2.24) is 9.88 Å².